The van der Waals surface area contributed by atoms with E-state index in [4.69, 9.17) is 0 Å². The van der Waals surface area contributed by atoms with Gasteiger partial charge in [0, 0.05) is 30.9 Å². The maximum atomic E-state index is 12.7. The van der Waals surface area contributed by atoms with Gasteiger partial charge in [-0.05, 0) is 37.2 Å². The number of hydrogen-bond acceptors (Lipinski definition) is 5. The summed E-state index contributed by atoms with van der Waals surface area (Å²) in [7, 11) is -3.59. The summed E-state index contributed by atoms with van der Waals surface area (Å²) < 4.78 is 26.8. The molecule has 0 bridgehead atoms. The molecule has 7 nitrogen and oxygen atoms in total. The number of carbonyl (C=O) groups excluding carboxylic acids is 1. The number of phenols is 1. The molecule has 2 rings (SSSR count). The van der Waals surface area contributed by atoms with E-state index in [1.54, 1.807) is 38.1 Å². The first kappa shape index (κ1) is 23.9. The quantitative estimate of drug-likeness (QED) is 0.568. The van der Waals surface area contributed by atoms with Crippen molar-refractivity contribution >= 4 is 21.6 Å². The van der Waals surface area contributed by atoms with Crippen molar-refractivity contribution in [3.63, 3.8) is 0 Å². The van der Waals surface area contributed by atoms with E-state index in [2.05, 4.69) is 5.32 Å². The Morgan fingerprint density at radius 1 is 1.03 bits per heavy atom. The van der Waals surface area contributed by atoms with E-state index in [0.717, 1.165) is 12.0 Å². The smallest absolute Gasteiger partial charge is 0.243 e. The Kier molecular flexibility index (Phi) is 8.83. The van der Waals surface area contributed by atoms with Crippen LogP contribution in [-0.4, -0.2) is 54.8 Å². The van der Waals surface area contributed by atoms with Gasteiger partial charge in [0.2, 0.25) is 15.9 Å². The standard InChI is InChI=1S/C22H31N3O4S/c1-4-14-24(16-18-10-7-8-13-21(18)26)17-22(27)23-19-11-9-12-20(15-19)30(28,29)25(5-2)6-3/h7-13,15,26H,4-6,14,16-17H2,1-3H3,(H,23,27). The van der Waals surface area contributed by atoms with Gasteiger partial charge < -0.3 is 10.4 Å². The van der Waals surface area contributed by atoms with Crippen LogP contribution >= 0.6 is 0 Å². The first-order chi connectivity index (χ1) is 14.3. The van der Waals surface area contributed by atoms with E-state index < -0.39 is 10.0 Å². The zero-order valence-electron chi connectivity index (χ0n) is 17.8. The van der Waals surface area contributed by atoms with Gasteiger partial charge >= 0.3 is 0 Å². The molecule has 0 aromatic heterocycles. The summed E-state index contributed by atoms with van der Waals surface area (Å²) in [6, 6.07) is 13.4. The van der Waals surface area contributed by atoms with Crippen molar-refractivity contribution < 1.29 is 18.3 Å². The zero-order valence-corrected chi connectivity index (χ0v) is 18.7. The molecule has 0 heterocycles. The van der Waals surface area contributed by atoms with Crippen molar-refractivity contribution in [2.75, 3.05) is 31.5 Å². The van der Waals surface area contributed by atoms with Gasteiger partial charge in [-0.15, -0.1) is 0 Å². The summed E-state index contributed by atoms with van der Waals surface area (Å²) >= 11 is 0. The molecule has 0 atom stereocenters. The Morgan fingerprint density at radius 2 is 1.73 bits per heavy atom. The van der Waals surface area contributed by atoms with Crippen LogP contribution in [-0.2, 0) is 21.4 Å². The van der Waals surface area contributed by atoms with Crippen molar-refractivity contribution in [2.24, 2.45) is 0 Å². The van der Waals surface area contributed by atoms with Crippen LogP contribution in [0.25, 0.3) is 0 Å². The van der Waals surface area contributed by atoms with Crippen molar-refractivity contribution in [3.05, 3.63) is 54.1 Å². The summed E-state index contributed by atoms with van der Waals surface area (Å²) in [5.74, 6) is -0.0374. The highest BCUT2D eigenvalue weighted by atomic mass is 32.2. The highest BCUT2D eigenvalue weighted by molar-refractivity contribution is 7.89. The summed E-state index contributed by atoms with van der Waals surface area (Å²) in [6.07, 6.45) is 0.860. The van der Waals surface area contributed by atoms with Crippen LogP contribution in [0.2, 0.25) is 0 Å². The lowest BCUT2D eigenvalue weighted by Crippen LogP contribution is -2.33. The zero-order chi connectivity index (χ0) is 22.1. The van der Waals surface area contributed by atoms with E-state index in [0.29, 0.717) is 31.9 Å². The summed E-state index contributed by atoms with van der Waals surface area (Å²) in [4.78, 5) is 14.7. The highest BCUT2D eigenvalue weighted by Crippen LogP contribution is 2.20. The van der Waals surface area contributed by atoms with Gasteiger partial charge in [-0.3, -0.25) is 9.69 Å². The van der Waals surface area contributed by atoms with Crippen LogP contribution in [0.3, 0.4) is 0 Å². The van der Waals surface area contributed by atoms with Gasteiger partial charge in [0.1, 0.15) is 5.75 Å². The van der Waals surface area contributed by atoms with Gasteiger partial charge in [-0.1, -0.05) is 45.0 Å². The normalized spacial score (nSPS) is 11.8. The Morgan fingerprint density at radius 3 is 2.37 bits per heavy atom. The van der Waals surface area contributed by atoms with Crippen LogP contribution < -0.4 is 5.32 Å². The Bertz CT molecular complexity index is 943. The number of phenolic OH excluding ortho intramolecular Hbond substituents is 1. The number of nitrogens with zero attached hydrogens (tertiary/aromatic N) is 2. The van der Waals surface area contributed by atoms with E-state index >= 15 is 0 Å². The van der Waals surface area contributed by atoms with Crippen LogP contribution in [0.1, 0.15) is 32.8 Å². The molecule has 0 aliphatic rings. The molecule has 2 aromatic carbocycles. The molecule has 1 amide bonds. The second-order valence-electron chi connectivity index (χ2n) is 7.00. The number of rotatable bonds is 11. The maximum absolute atomic E-state index is 12.7. The largest absolute Gasteiger partial charge is 0.508 e. The average molecular weight is 434 g/mol. The van der Waals surface area contributed by atoms with Crippen molar-refractivity contribution in [3.8, 4) is 5.75 Å². The molecule has 0 radical (unpaired) electrons. The molecule has 0 saturated heterocycles. The number of para-hydroxylation sites is 1. The maximum Gasteiger partial charge on any atom is 0.243 e. The molecule has 0 saturated carbocycles. The van der Waals surface area contributed by atoms with Crippen molar-refractivity contribution in [1.82, 2.24) is 9.21 Å². The Balaban J connectivity index is 2.10. The lowest BCUT2D eigenvalue weighted by molar-refractivity contribution is -0.117. The van der Waals surface area contributed by atoms with Crippen LogP contribution in [0.4, 0.5) is 5.69 Å². The number of aromatic hydroxyl groups is 1. The lowest BCUT2D eigenvalue weighted by atomic mass is 10.2. The first-order valence-electron chi connectivity index (χ1n) is 10.2. The van der Waals surface area contributed by atoms with E-state index in [1.807, 2.05) is 24.0 Å². The molecule has 0 aliphatic carbocycles. The third kappa shape index (κ3) is 6.29. The van der Waals surface area contributed by atoms with Crippen LogP contribution in [0.15, 0.2) is 53.4 Å². The Labute approximate surface area is 179 Å². The predicted molar refractivity (Wildman–Crippen MR) is 119 cm³/mol. The van der Waals surface area contributed by atoms with Gasteiger partial charge in [0.15, 0.2) is 0 Å². The minimum atomic E-state index is -3.59. The van der Waals surface area contributed by atoms with Gasteiger partial charge in [-0.25, -0.2) is 8.42 Å². The van der Waals surface area contributed by atoms with Crippen LogP contribution in [0.5, 0.6) is 5.75 Å². The second kappa shape index (κ2) is 11.1. The molecule has 0 unspecified atom stereocenters. The topological polar surface area (TPSA) is 90.0 Å². The van der Waals surface area contributed by atoms with Gasteiger partial charge in [-0.2, -0.15) is 4.31 Å². The molecule has 8 heteroatoms. The third-order valence-corrected chi connectivity index (χ3v) is 6.80. The number of anilines is 1. The summed E-state index contributed by atoms with van der Waals surface area (Å²) in [6.45, 7) is 7.65. The van der Waals surface area contributed by atoms with E-state index in [-0.39, 0.29) is 23.1 Å². The highest BCUT2D eigenvalue weighted by Gasteiger charge is 2.22. The number of hydrogen-bond donors (Lipinski definition) is 2. The Hall–Kier alpha value is -2.42. The summed E-state index contributed by atoms with van der Waals surface area (Å²) in [5, 5.41) is 12.8. The van der Waals surface area contributed by atoms with Gasteiger partial charge in [0.05, 0.1) is 11.4 Å². The molecule has 164 valence electrons. The van der Waals surface area contributed by atoms with E-state index in [1.165, 1.54) is 16.4 Å². The van der Waals surface area contributed by atoms with Gasteiger partial charge in [0.25, 0.3) is 0 Å². The van der Waals surface area contributed by atoms with Crippen molar-refractivity contribution in [1.29, 1.82) is 0 Å². The number of sulfonamides is 1. The second-order valence-corrected chi connectivity index (χ2v) is 8.94. The lowest BCUT2D eigenvalue weighted by Gasteiger charge is -2.22. The molecule has 2 aromatic rings. The fraction of sp³-hybridized carbons (Fsp3) is 0.409. The molecule has 0 fully saturated rings. The minimum absolute atomic E-state index is 0.134. The van der Waals surface area contributed by atoms with Crippen LogP contribution in [0, 0.1) is 0 Å². The number of nitrogens with one attached hydrogen (secondary N) is 1. The first-order valence-corrected chi connectivity index (χ1v) is 11.6. The monoisotopic (exact) mass is 433 g/mol. The molecule has 0 aliphatic heterocycles. The molecular formula is C22H31N3O4S. The molecule has 2 N–H and O–H groups in total. The SMILES string of the molecule is CCCN(CC(=O)Nc1cccc(S(=O)(=O)N(CC)CC)c1)Cc1ccccc1O. The fourth-order valence-electron chi connectivity index (χ4n) is 3.27. The van der Waals surface area contributed by atoms with Crippen molar-refractivity contribution in [2.45, 2.75) is 38.6 Å². The molecule has 0 spiro atoms. The summed E-state index contributed by atoms with van der Waals surface area (Å²) in [5.41, 5.74) is 1.19. The predicted octanol–water partition coefficient (Wildman–Crippen LogP) is 3.27. The average Bonchev–Trinajstić information content (AvgIpc) is 2.70. The third-order valence-electron chi connectivity index (χ3n) is 4.75. The van der Waals surface area contributed by atoms with E-state index in [9.17, 15) is 18.3 Å². The number of carbonyl (C=O) groups is 1. The number of benzene rings is 2. The fourth-order valence-corrected chi connectivity index (χ4v) is 4.77. The molecular weight excluding hydrogens is 402 g/mol. The number of amides is 1. The molecule has 30 heavy (non-hydrogen) atoms. The minimum Gasteiger partial charge on any atom is -0.508 e.